The van der Waals surface area contributed by atoms with Crippen LogP contribution in [0, 0.1) is 17.0 Å². The Bertz CT molecular complexity index is 1210. The number of aromatic nitrogens is 1. The van der Waals surface area contributed by atoms with Gasteiger partial charge in [-0.05, 0) is 49.4 Å². The fraction of sp³-hybridized carbons (Fsp3) is 0.0909. The van der Waals surface area contributed by atoms with Crippen LogP contribution in [0.15, 0.2) is 71.1 Å². The minimum Gasteiger partial charge on any atom is -0.484 e. The molecule has 0 aliphatic heterocycles. The number of carbonyl (C=O) groups is 1. The minimum absolute atomic E-state index is 0.0438. The maximum absolute atomic E-state index is 12.2. The van der Waals surface area contributed by atoms with Crippen molar-refractivity contribution in [1.82, 2.24) is 4.98 Å². The Morgan fingerprint density at radius 1 is 1.10 bits per heavy atom. The number of rotatable bonds is 6. The number of aryl methyl sites for hydroxylation is 1. The predicted molar refractivity (Wildman–Crippen MR) is 111 cm³/mol. The van der Waals surface area contributed by atoms with Crippen LogP contribution in [0.4, 0.5) is 11.4 Å². The molecule has 1 heterocycles. The maximum atomic E-state index is 12.2. The summed E-state index contributed by atoms with van der Waals surface area (Å²) >= 11 is 0. The van der Waals surface area contributed by atoms with Gasteiger partial charge in [-0.15, -0.1) is 0 Å². The molecule has 1 N–H and O–H groups in total. The van der Waals surface area contributed by atoms with Crippen molar-refractivity contribution in [3.63, 3.8) is 0 Å². The summed E-state index contributed by atoms with van der Waals surface area (Å²) in [6, 6.07) is 18.6. The molecule has 0 saturated carbocycles. The van der Waals surface area contributed by atoms with Crippen molar-refractivity contribution in [3.05, 3.63) is 82.4 Å². The molecule has 4 rings (SSSR count). The lowest BCUT2D eigenvalue weighted by molar-refractivity contribution is -0.384. The molecule has 0 bridgehead atoms. The van der Waals surface area contributed by atoms with Crippen LogP contribution in [0.25, 0.3) is 22.6 Å². The molecule has 30 heavy (non-hydrogen) atoms. The minimum atomic E-state index is -0.499. The molecule has 0 fully saturated rings. The Labute approximate surface area is 171 Å². The van der Waals surface area contributed by atoms with Gasteiger partial charge in [0.25, 0.3) is 11.6 Å². The highest BCUT2D eigenvalue weighted by atomic mass is 16.6. The molecule has 4 aromatic rings. The number of ether oxygens (including phenoxy) is 1. The average Bonchev–Trinajstić information content (AvgIpc) is 3.16. The van der Waals surface area contributed by atoms with Gasteiger partial charge in [0.15, 0.2) is 12.2 Å². The van der Waals surface area contributed by atoms with E-state index in [-0.39, 0.29) is 18.2 Å². The lowest BCUT2D eigenvalue weighted by atomic mass is 10.1. The van der Waals surface area contributed by atoms with Crippen molar-refractivity contribution in [2.24, 2.45) is 0 Å². The van der Waals surface area contributed by atoms with Gasteiger partial charge < -0.3 is 14.5 Å². The number of nitrogens with one attached hydrogen (secondary N) is 1. The van der Waals surface area contributed by atoms with Crippen LogP contribution in [0.3, 0.4) is 0 Å². The number of benzene rings is 3. The van der Waals surface area contributed by atoms with Crippen molar-refractivity contribution in [3.8, 4) is 17.2 Å². The van der Waals surface area contributed by atoms with Gasteiger partial charge in [0.05, 0.1) is 4.92 Å². The SMILES string of the molecule is Cc1ccc(-c2nc3cc(NC(=O)COc4ccc([N+](=O)[O-])cc4)ccc3o2)cc1. The van der Waals surface area contributed by atoms with Crippen LogP contribution >= 0.6 is 0 Å². The number of hydrogen-bond donors (Lipinski definition) is 1. The third-order valence-corrected chi connectivity index (χ3v) is 4.39. The van der Waals surface area contributed by atoms with Gasteiger partial charge in [0.2, 0.25) is 5.89 Å². The molecule has 0 radical (unpaired) electrons. The van der Waals surface area contributed by atoms with E-state index >= 15 is 0 Å². The van der Waals surface area contributed by atoms with E-state index in [1.165, 1.54) is 24.3 Å². The first-order chi connectivity index (χ1) is 14.5. The predicted octanol–water partition coefficient (Wildman–Crippen LogP) is 4.73. The molecule has 0 spiro atoms. The highest BCUT2D eigenvalue weighted by Gasteiger charge is 2.11. The standard InChI is InChI=1S/C22H17N3O5/c1-14-2-4-15(5-3-14)22-24-19-12-16(6-11-20(19)30-22)23-21(26)13-29-18-9-7-17(8-10-18)25(27)28/h2-12H,13H2,1H3,(H,23,26). The van der Waals surface area contributed by atoms with E-state index in [2.05, 4.69) is 10.3 Å². The second kappa shape index (κ2) is 8.04. The fourth-order valence-corrected chi connectivity index (χ4v) is 2.83. The summed E-state index contributed by atoms with van der Waals surface area (Å²) in [6.45, 7) is 1.78. The molecule has 0 unspecified atom stereocenters. The average molecular weight is 403 g/mol. The van der Waals surface area contributed by atoms with Gasteiger partial charge in [-0.2, -0.15) is 0 Å². The third-order valence-electron chi connectivity index (χ3n) is 4.39. The van der Waals surface area contributed by atoms with Crippen molar-refractivity contribution >= 4 is 28.4 Å². The second-order valence-corrected chi connectivity index (χ2v) is 6.66. The largest absolute Gasteiger partial charge is 0.484 e. The van der Waals surface area contributed by atoms with Crippen molar-refractivity contribution in [2.45, 2.75) is 6.92 Å². The summed E-state index contributed by atoms with van der Waals surface area (Å²) in [5.41, 5.74) is 3.78. The number of anilines is 1. The summed E-state index contributed by atoms with van der Waals surface area (Å²) in [7, 11) is 0. The van der Waals surface area contributed by atoms with E-state index in [0.29, 0.717) is 28.4 Å². The lowest BCUT2D eigenvalue weighted by Gasteiger charge is -2.07. The smallest absolute Gasteiger partial charge is 0.269 e. The van der Waals surface area contributed by atoms with Crippen LogP contribution < -0.4 is 10.1 Å². The van der Waals surface area contributed by atoms with Crippen molar-refractivity contribution in [2.75, 3.05) is 11.9 Å². The number of fused-ring (bicyclic) bond motifs is 1. The molecular formula is C22H17N3O5. The van der Waals surface area contributed by atoms with E-state index in [0.717, 1.165) is 11.1 Å². The van der Waals surface area contributed by atoms with Crippen molar-refractivity contribution < 1.29 is 18.9 Å². The van der Waals surface area contributed by atoms with Crippen LogP contribution in [0.1, 0.15) is 5.56 Å². The van der Waals surface area contributed by atoms with Gasteiger partial charge in [0.1, 0.15) is 11.3 Å². The molecule has 3 aromatic carbocycles. The number of nitrogens with zero attached hydrogens (tertiary/aromatic N) is 2. The summed E-state index contributed by atoms with van der Waals surface area (Å²) < 4.78 is 11.2. The molecule has 1 amide bonds. The summed E-state index contributed by atoms with van der Waals surface area (Å²) in [5, 5.41) is 13.4. The molecule has 1 aromatic heterocycles. The Balaban J connectivity index is 1.41. The van der Waals surface area contributed by atoms with Crippen molar-refractivity contribution in [1.29, 1.82) is 0 Å². The Kier molecular flexibility index (Phi) is 5.13. The van der Waals surface area contributed by atoms with E-state index in [1.54, 1.807) is 18.2 Å². The fourth-order valence-electron chi connectivity index (χ4n) is 2.83. The number of non-ortho nitro benzene ring substituents is 1. The van der Waals surface area contributed by atoms with Gasteiger partial charge in [-0.1, -0.05) is 17.7 Å². The molecule has 0 saturated heterocycles. The lowest BCUT2D eigenvalue weighted by Crippen LogP contribution is -2.20. The molecule has 0 aliphatic carbocycles. The molecule has 150 valence electrons. The van der Waals surface area contributed by atoms with E-state index < -0.39 is 4.92 Å². The summed E-state index contributed by atoms with van der Waals surface area (Å²) in [6.07, 6.45) is 0. The monoisotopic (exact) mass is 403 g/mol. The van der Waals surface area contributed by atoms with E-state index in [1.807, 2.05) is 31.2 Å². The van der Waals surface area contributed by atoms with Gasteiger partial charge in [-0.3, -0.25) is 14.9 Å². The summed E-state index contributed by atoms with van der Waals surface area (Å²) in [4.78, 5) is 26.8. The number of carbonyl (C=O) groups excluding carboxylic acids is 1. The number of hydrogen-bond acceptors (Lipinski definition) is 6. The molecule has 0 atom stereocenters. The zero-order valence-corrected chi connectivity index (χ0v) is 16.0. The molecule has 8 heteroatoms. The van der Waals surface area contributed by atoms with E-state index in [9.17, 15) is 14.9 Å². The Morgan fingerprint density at radius 2 is 1.83 bits per heavy atom. The molecule has 0 aliphatic rings. The number of nitro benzene ring substituents is 1. The zero-order chi connectivity index (χ0) is 21.1. The normalized spacial score (nSPS) is 10.7. The number of oxazole rings is 1. The van der Waals surface area contributed by atoms with Crippen LogP contribution in [0.2, 0.25) is 0 Å². The van der Waals surface area contributed by atoms with E-state index in [4.69, 9.17) is 9.15 Å². The maximum Gasteiger partial charge on any atom is 0.269 e. The second-order valence-electron chi connectivity index (χ2n) is 6.66. The first-order valence-electron chi connectivity index (χ1n) is 9.13. The van der Waals surface area contributed by atoms with Crippen LogP contribution in [0.5, 0.6) is 5.75 Å². The highest BCUT2D eigenvalue weighted by molar-refractivity contribution is 5.94. The zero-order valence-electron chi connectivity index (χ0n) is 16.0. The Hall–Kier alpha value is -4.20. The topological polar surface area (TPSA) is 108 Å². The molecular weight excluding hydrogens is 386 g/mol. The number of amides is 1. The quantitative estimate of drug-likeness (QED) is 0.368. The van der Waals surface area contributed by atoms with Crippen LogP contribution in [-0.4, -0.2) is 22.4 Å². The van der Waals surface area contributed by atoms with Crippen LogP contribution in [-0.2, 0) is 4.79 Å². The van der Waals surface area contributed by atoms with Gasteiger partial charge in [-0.25, -0.2) is 4.98 Å². The first kappa shape index (κ1) is 19.1. The van der Waals surface area contributed by atoms with Gasteiger partial charge >= 0.3 is 0 Å². The van der Waals surface area contributed by atoms with Gasteiger partial charge in [0, 0.05) is 23.4 Å². The third kappa shape index (κ3) is 4.27. The number of nitro groups is 1. The molecule has 8 nitrogen and oxygen atoms in total. The first-order valence-corrected chi connectivity index (χ1v) is 9.13. The Morgan fingerprint density at radius 3 is 2.53 bits per heavy atom. The highest BCUT2D eigenvalue weighted by Crippen LogP contribution is 2.26. The summed E-state index contributed by atoms with van der Waals surface area (Å²) in [5.74, 6) is 0.510.